The van der Waals surface area contributed by atoms with Crippen LogP contribution in [0.15, 0.2) is 87.2 Å². The number of aliphatic hydroxyl groups is 1. The zero-order chi connectivity index (χ0) is 25.4. The van der Waals surface area contributed by atoms with Crippen LogP contribution in [0.25, 0.3) is 0 Å². The van der Waals surface area contributed by atoms with Crippen molar-refractivity contribution < 1.29 is 13.5 Å². The molecule has 0 bridgehead atoms. The Labute approximate surface area is 215 Å². The minimum Gasteiger partial charge on any atom is -0.394 e. The lowest BCUT2D eigenvalue weighted by Crippen LogP contribution is -2.29. The van der Waals surface area contributed by atoms with Gasteiger partial charge in [0.2, 0.25) is 10.0 Å². The molecule has 0 fully saturated rings. The van der Waals surface area contributed by atoms with Crippen LogP contribution in [0.5, 0.6) is 0 Å². The van der Waals surface area contributed by atoms with E-state index in [1.165, 1.54) is 0 Å². The molecular formula is C25H30BrN5O3S. The van der Waals surface area contributed by atoms with Crippen LogP contribution < -0.4 is 15.4 Å². The van der Waals surface area contributed by atoms with Crippen LogP contribution >= 0.6 is 15.9 Å². The first kappa shape index (κ1) is 26.8. The zero-order valence-electron chi connectivity index (χ0n) is 19.8. The van der Waals surface area contributed by atoms with Crippen molar-refractivity contribution >= 4 is 37.5 Å². The van der Waals surface area contributed by atoms with Crippen LogP contribution in [0.1, 0.15) is 24.5 Å². The molecule has 0 saturated heterocycles. The monoisotopic (exact) mass is 559 g/mol. The highest BCUT2D eigenvalue weighted by Gasteiger charge is 2.18. The number of benzene rings is 1. The molecular weight excluding hydrogens is 530 g/mol. The Morgan fingerprint density at radius 3 is 2.74 bits per heavy atom. The molecule has 186 valence electrons. The number of aryl methyl sites for hydroxylation is 2. The molecule has 1 aromatic carbocycles. The number of hydrogen-bond donors (Lipinski definition) is 4. The topological polar surface area (TPSA) is 116 Å². The van der Waals surface area contributed by atoms with Gasteiger partial charge in [0, 0.05) is 36.2 Å². The van der Waals surface area contributed by atoms with Gasteiger partial charge in [-0.05, 0) is 78.0 Å². The van der Waals surface area contributed by atoms with Crippen LogP contribution in [-0.4, -0.2) is 43.5 Å². The van der Waals surface area contributed by atoms with E-state index >= 15 is 0 Å². The van der Waals surface area contributed by atoms with Crippen LogP contribution in [0, 0.1) is 6.92 Å². The van der Waals surface area contributed by atoms with Gasteiger partial charge in [0.25, 0.3) is 0 Å². The zero-order valence-corrected chi connectivity index (χ0v) is 22.2. The normalized spacial score (nSPS) is 15.0. The molecule has 4 N–H and O–H groups in total. The molecule has 0 unspecified atom stereocenters. The number of anilines is 1. The number of amidine groups is 1. The van der Waals surface area contributed by atoms with E-state index in [0.717, 1.165) is 12.0 Å². The lowest BCUT2D eigenvalue weighted by Gasteiger charge is -2.16. The summed E-state index contributed by atoms with van der Waals surface area (Å²) in [7, 11) is -3.71. The second-order valence-corrected chi connectivity index (χ2v) is 10.8. The van der Waals surface area contributed by atoms with Gasteiger partial charge < -0.3 is 15.7 Å². The highest BCUT2D eigenvalue weighted by Crippen LogP contribution is 2.23. The molecule has 1 aromatic heterocycles. The van der Waals surface area contributed by atoms with Crippen molar-refractivity contribution in [2.75, 3.05) is 18.5 Å². The molecule has 1 atom stereocenters. The minimum absolute atomic E-state index is 0.0544. The second kappa shape index (κ2) is 12.3. The van der Waals surface area contributed by atoms with Gasteiger partial charge in [-0.2, -0.15) is 0 Å². The molecule has 0 radical (unpaired) electrons. The first-order valence-corrected chi connectivity index (χ1v) is 13.5. The standard InChI is InChI=1S/C25H30BrN5O3S/c1-17-8-10-21(30-24-18(2)9-11-22(26)25(31-24)29-19(3)16-32)14-23(17)35(33,34)28-13-5-7-20-6-4-12-27-15-20/h4,6,8-12,14-15,19,28-29,32H,2,5,7,13,16H2,1,3H3,(H,30,31)/t19-/m1/s1. The molecule has 2 aromatic rings. The molecule has 1 aliphatic heterocycles. The second-order valence-electron chi connectivity index (χ2n) is 8.21. The van der Waals surface area contributed by atoms with Crippen molar-refractivity contribution in [3.05, 3.63) is 88.5 Å². The van der Waals surface area contributed by atoms with E-state index in [4.69, 9.17) is 0 Å². The fourth-order valence-electron chi connectivity index (χ4n) is 3.28. The lowest BCUT2D eigenvalue weighted by molar-refractivity contribution is 0.258. The van der Waals surface area contributed by atoms with Crippen molar-refractivity contribution in [3.63, 3.8) is 0 Å². The van der Waals surface area contributed by atoms with Gasteiger partial charge in [0.05, 0.1) is 16.0 Å². The Kier molecular flexibility index (Phi) is 9.39. The smallest absolute Gasteiger partial charge is 0.240 e. The van der Waals surface area contributed by atoms with Crippen molar-refractivity contribution in [1.82, 2.24) is 15.0 Å². The number of rotatable bonds is 10. The molecule has 0 saturated carbocycles. The third-order valence-corrected chi connectivity index (χ3v) is 7.48. The predicted molar refractivity (Wildman–Crippen MR) is 144 cm³/mol. The van der Waals surface area contributed by atoms with Crippen molar-refractivity contribution in [2.24, 2.45) is 4.99 Å². The predicted octanol–water partition coefficient (Wildman–Crippen LogP) is 3.77. The van der Waals surface area contributed by atoms with E-state index in [0.29, 0.717) is 45.9 Å². The Morgan fingerprint density at radius 2 is 2.03 bits per heavy atom. The SMILES string of the molecule is C=C1C=CC(Br)=C(N[C@H](C)CO)N=C1Nc1ccc(C)c(S(=O)(=O)NCCCc2cccnc2)c1. The fraction of sp³-hybridized carbons (Fsp3) is 0.280. The number of nitrogens with zero attached hydrogens (tertiary/aromatic N) is 2. The molecule has 0 amide bonds. The number of hydrogen-bond acceptors (Lipinski definition) is 7. The van der Waals surface area contributed by atoms with Gasteiger partial charge >= 0.3 is 0 Å². The number of pyridine rings is 1. The molecule has 8 nitrogen and oxygen atoms in total. The fourth-order valence-corrected chi connectivity index (χ4v) is 4.96. The van der Waals surface area contributed by atoms with Gasteiger partial charge in [-0.3, -0.25) is 4.98 Å². The maximum Gasteiger partial charge on any atom is 0.240 e. The highest BCUT2D eigenvalue weighted by molar-refractivity contribution is 9.11. The third-order valence-electron chi connectivity index (χ3n) is 5.24. The summed E-state index contributed by atoms with van der Waals surface area (Å²) < 4.78 is 29.4. The largest absolute Gasteiger partial charge is 0.394 e. The first-order valence-electron chi connectivity index (χ1n) is 11.2. The van der Waals surface area contributed by atoms with Crippen LogP contribution in [-0.2, 0) is 16.4 Å². The minimum atomic E-state index is -3.71. The quantitative estimate of drug-likeness (QED) is 0.329. The number of aromatic nitrogens is 1. The van der Waals surface area contributed by atoms with Gasteiger partial charge in [-0.1, -0.05) is 24.8 Å². The van der Waals surface area contributed by atoms with E-state index in [2.05, 4.69) is 47.8 Å². The molecule has 0 spiro atoms. The summed E-state index contributed by atoms with van der Waals surface area (Å²) in [6, 6.07) is 8.77. The summed E-state index contributed by atoms with van der Waals surface area (Å²) in [5, 5.41) is 15.7. The lowest BCUT2D eigenvalue weighted by atomic mass is 10.2. The Hall–Kier alpha value is -2.79. The van der Waals surface area contributed by atoms with Crippen LogP contribution in [0.2, 0.25) is 0 Å². The van der Waals surface area contributed by atoms with Crippen molar-refractivity contribution in [2.45, 2.75) is 37.6 Å². The summed E-state index contributed by atoms with van der Waals surface area (Å²) in [6.07, 6.45) is 8.50. The highest BCUT2D eigenvalue weighted by atomic mass is 79.9. The molecule has 1 aliphatic rings. The van der Waals surface area contributed by atoms with Gasteiger partial charge in [0.15, 0.2) is 0 Å². The van der Waals surface area contributed by atoms with E-state index < -0.39 is 10.0 Å². The number of aliphatic hydroxyl groups excluding tert-OH is 1. The summed E-state index contributed by atoms with van der Waals surface area (Å²) >= 11 is 3.48. The number of sulfonamides is 1. The molecule has 10 heteroatoms. The molecule has 0 aliphatic carbocycles. The van der Waals surface area contributed by atoms with Crippen molar-refractivity contribution in [1.29, 1.82) is 0 Å². The average molecular weight is 561 g/mol. The first-order chi connectivity index (χ1) is 16.7. The maximum atomic E-state index is 13.0. The molecule has 35 heavy (non-hydrogen) atoms. The summed E-state index contributed by atoms with van der Waals surface area (Å²) in [5.41, 5.74) is 2.88. The average Bonchev–Trinajstić information content (AvgIpc) is 2.97. The van der Waals surface area contributed by atoms with Gasteiger partial charge in [-0.25, -0.2) is 18.1 Å². The number of aliphatic imine (C=N–C) groups is 1. The van der Waals surface area contributed by atoms with Crippen LogP contribution in [0.3, 0.4) is 0 Å². The van der Waals surface area contributed by atoms with E-state index in [1.54, 1.807) is 43.6 Å². The summed E-state index contributed by atoms with van der Waals surface area (Å²) in [4.78, 5) is 8.89. The van der Waals surface area contributed by atoms with E-state index in [-0.39, 0.29) is 17.5 Å². The Balaban J connectivity index is 1.74. The number of halogens is 1. The van der Waals surface area contributed by atoms with Gasteiger partial charge in [0.1, 0.15) is 11.7 Å². The van der Waals surface area contributed by atoms with E-state index in [1.807, 2.05) is 25.1 Å². The third kappa shape index (κ3) is 7.60. The number of allylic oxidation sites excluding steroid dienone is 2. The van der Waals surface area contributed by atoms with E-state index in [9.17, 15) is 13.5 Å². The summed E-state index contributed by atoms with van der Waals surface area (Å²) in [5.74, 6) is 0.985. The van der Waals surface area contributed by atoms with Gasteiger partial charge in [-0.15, -0.1) is 0 Å². The Bertz CT molecular complexity index is 1260. The molecule has 2 heterocycles. The van der Waals surface area contributed by atoms with Crippen molar-refractivity contribution in [3.8, 4) is 0 Å². The maximum absolute atomic E-state index is 13.0. The number of nitrogens with one attached hydrogen (secondary N) is 3. The van der Waals surface area contributed by atoms with Crippen LogP contribution in [0.4, 0.5) is 5.69 Å². The molecule has 3 rings (SSSR count). The Morgan fingerprint density at radius 1 is 1.23 bits per heavy atom. The summed E-state index contributed by atoms with van der Waals surface area (Å²) in [6.45, 7) is 7.90.